The second-order valence-electron chi connectivity index (χ2n) is 8.45. The molecule has 0 unspecified atom stereocenters. The van der Waals surface area contributed by atoms with Crippen molar-refractivity contribution in [2.45, 2.75) is 42.4 Å². The number of hydrogen-bond acceptors (Lipinski definition) is 6. The number of carbonyl (C=O) groups excluding carboxylic acids is 2. The summed E-state index contributed by atoms with van der Waals surface area (Å²) in [7, 11) is 1.57. The highest BCUT2D eigenvalue weighted by Gasteiger charge is 2.55. The molecule has 1 saturated carbocycles. The number of benzene rings is 1. The van der Waals surface area contributed by atoms with Gasteiger partial charge in [-0.2, -0.15) is 5.26 Å². The van der Waals surface area contributed by atoms with E-state index in [4.69, 9.17) is 49.0 Å². The van der Waals surface area contributed by atoms with E-state index in [2.05, 4.69) is 6.07 Å². The Bertz CT molecular complexity index is 899. The first kappa shape index (κ1) is 25.7. The van der Waals surface area contributed by atoms with Crippen LogP contribution in [0.25, 0.3) is 0 Å². The number of ether oxygens (including phenoxy) is 3. The summed E-state index contributed by atoms with van der Waals surface area (Å²) in [6, 6.07) is 9.33. The maximum absolute atomic E-state index is 13.1. The Balaban J connectivity index is 1.98. The number of methoxy groups -OCH3 is 1. The molecule has 0 radical (unpaired) electrons. The van der Waals surface area contributed by atoms with Crippen molar-refractivity contribution in [3.8, 4) is 11.8 Å². The van der Waals surface area contributed by atoms with E-state index in [0.29, 0.717) is 31.4 Å². The molecule has 1 aliphatic carbocycles. The first-order chi connectivity index (χ1) is 15.6. The van der Waals surface area contributed by atoms with E-state index >= 15 is 0 Å². The van der Waals surface area contributed by atoms with Crippen molar-refractivity contribution in [1.82, 2.24) is 4.90 Å². The van der Waals surface area contributed by atoms with Gasteiger partial charge in [-0.1, -0.05) is 53.4 Å². The number of hydrogen-bond donors (Lipinski definition) is 0. The van der Waals surface area contributed by atoms with E-state index in [0.717, 1.165) is 5.56 Å². The zero-order valence-electron chi connectivity index (χ0n) is 18.6. The lowest BCUT2D eigenvalue weighted by molar-refractivity contribution is -0.156. The van der Waals surface area contributed by atoms with Gasteiger partial charge in [0.2, 0.25) is 3.79 Å². The Kier molecular flexibility index (Phi) is 8.26. The van der Waals surface area contributed by atoms with Crippen molar-refractivity contribution in [2.24, 2.45) is 17.3 Å². The molecule has 33 heavy (non-hydrogen) atoms. The third kappa shape index (κ3) is 5.79. The summed E-state index contributed by atoms with van der Waals surface area (Å²) in [6.45, 7) is 1.73. The standard InChI is InChI=1S/C23H27Cl3N2O5/c1-3-32-20(29)17-5-4-10-22(12-27)13-28(21(30)33-14-23(24,25)26)19(11-18(17)22)15-6-8-16(31-2)9-7-15/h6-9,17-19H,3-5,10-11,13-14H2,1-2H3/t17-,18-,19+,22-/m1/s1. The normalized spacial score (nSPS) is 27.2. The first-order valence-electron chi connectivity index (χ1n) is 10.9. The maximum atomic E-state index is 13.1. The van der Waals surface area contributed by atoms with Gasteiger partial charge < -0.3 is 14.2 Å². The quantitative estimate of drug-likeness (QED) is 0.382. The third-order valence-electron chi connectivity index (χ3n) is 6.55. The largest absolute Gasteiger partial charge is 0.497 e. The summed E-state index contributed by atoms with van der Waals surface area (Å²) < 4.78 is 14.1. The Morgan fingerprint density at radius 1 is 1.24 bits per heavy atom. The number of nitriles is 1. The van der Waals surface area contributed by atoms with Gasteiger partial charge in [-0.15, -0.1) is 0 Å². The molecule has 1 aliphatic heterocycles. The van der Waals surface area contributed by atoms with Crippen LogP contribution in [0.2, 0.25) is 0 Å². The molecule has 10 heteroatoms. The zero-order valence-corrected chi connectivity index (χ0v) is 20.8. The Morgan fingerprint density at radius 3 is 2.52 bits per heavy atom. The number of likely N-dealkylation sites (tertiary alicyclic amines) is 1. The molecule has 1 aromatic rings. The minimum absolute atomic E-state index is 0.111. The monoisotopic (exact) mass is 516 g/mol. The number of alkyl halides is 3. The van der Waals surface area contributed by atoms with Crippen LogP contribution in [0.15, 0.2) is 24.3 Å². The molecule has 0 spiro atoms. The molecule has 1 saturated heterocycles. The van der Waals surface area contributed by atoms with Gasteiger partial charge in [0.05, 0.1) is 37.2 Å². The van der Waals surface area contributed by atoms with E-state index in [1.54, 1.807) is 26.2 Å². The highest BCUT2D eigenvalue weighted by Crippen LogP contribution is 2.54. The Hall–Kier alpha value is -1.88. The molecule has 1 aromatic carbocycles. The molecule has 3 rings (SSSR count). The molecule has 2 aliphatic rings. The molecular formula is C23H27Cl3N2O5. The molecular weight excluding hydrogens is 491 g/mol. The van der Waals surface area contributed by atoms with Crippen LogP contribution >= 0.6 is 34.8 Å². The van der Waals surface area contributed by atoms with Crippen molar-refractivity contribution < 1.29 is 23.8 Å². The van der Waals surface area contributed by atoms with Crippen LogP contribution < -0.4 is 4.74 Å². The summed E-state index contributed by atoms with van der Waals surface area (Å²) >= 11 is 17.3. The molecule has 180 valence electrons. The lowest BCUT2D eigenvalue weighted by atomic mass is 9.57. The van der Waals surface area contributed by atoms with Crippen LogP contribution in [0.1, 0.15) is 44.2 Å². The highest BCUT2D eigenvalue weighted by molar-refractivity contribution is 6.67. The topological polar surface area (TPSA) is 88.9 Å². The van der Waals surface area contributed by atoms with Gasteiger partial charge in [-0.3, -0.25) is 9.69 Å². The van der Waals surface area contributed by atoms with Crippen LogP contribution in [0.4, 0.5) is 4.79 Å². The number of nitrogens with zero attached hydrogens (tertiary/aromatic N) is 2. The van der Waals surface area contributed by atoms with Crippen LogP contribution in [0, 0.1) is 28.6 Å². The van der Waals surface area contributed by atoms with Crippen LogP contribution in [-0.4, -0.2) is 47.6 Å². The SMILES string of the molecule is CCOC(=O)[C@@H]1CCC[C@@]2(C#N)CN(C(=O)OCC(Cl)(Cl)Cl)[C@H](c3ccc(OC)cc3)C[C@H]12. The van der Waals surface area contributed by atoms with Gasteiger partial charge in [0.25, 0.3) is 0 Å². The minimum atomic E-state index is -1.75. The summed E-state index contributed by atoms with van der Waals surface area (Å²) in [6.07, 6.45) is 1.66. The molecule has 1 amide bonds. The van der Waals surface area contributed by atoms with Gasteiger partial charge in [-0.05, 0) is 49.8 Å². The fraction of sp³-hybridized carbons (Fsp3) is 0.609. The third-order valence-corrected chi connectivity index (χ3v) is 6.87. The molecule has 4 atom stereocenters. The van der Waals surface area contributed by atoms with Crippen molar-refractivity contribution in [2.75, 3.05) is 26.9 Å². The molecule has 0 aromatic heterocycles. The average molecular weight is 518 g/mol. The van der Waals surface area contributed by atoms with Gasteiger partial charge >= 0.3 is 12.1 Å². The number of rotatable bonds is 5. The first-order valence-corrected chi connectivity index (χ1v) is 12.0. The minimum Gasteiger partial charge on any atom is -0.497 e. The lowest BCUT2D eigenvalue weighted by Crippen LogP contribution is -2.56. The molecule has 0 bridgehead atoms. The van der Waals surface area contributed by atoms with Crippen LogP contribution in [-0.2, 0) is 14.3 Å². The molecule has 7 nitrogen and oxygen atoms in total. The van der Waals surface area contributed by atoms with Crippen LogP contribution in [0.3, 0.4) is 0 Å². The predicted octanol–water partition coefficient (Wildman–Crippen LogP) is 5.44. The van der Waals surface area contributed by atoms with E-state index in [1.807, 2.05) is 12.1 Å². The van der Waals surface area contributed by atoms with Gasteiger partial charge in [0.1, 0.15) is 12.4 Å². The number of piperidine rings is 1. The van der Waals surface area contributed by atoms with Crippen molar-refractivity contribution in [3.63, 3.8) is 0 Å². The second-order valence-corrected chi connectivity index (χ2v) is 11.0. The number of fused-ring (bicyclic) bond motifs is 1. The fourth-order valence-corrected chi connectivity index (χ4v) is 5.21. The van der Waals surface area contributed by atoms with Gasteiger partial charge in [0.15, 0.2) is 0 Å². The van der Waals surface area contributed by atoms with Gasteiger partial charge in [0, 0.05) is 6.54 Å². The summed E-state index contributed by atoms with van der Waals surface area (Å²) in [5.41, 5.74) is -0.0566. The summed E-state index contributed by atoms with van der Waals surface area (Å²) in [5, 5.41) is 10.2. The molecule has 2 fully saturated rings. The highest BCUT2D eigenvalue weighted by atomic mass is 35.6. The predicted molar refractivity (Wildman–Crippen MR) is 124 cm³/mol. The van der Waals surface area contributed by atoms with E-state index in [-0.39, 0.29) is 25.0 Å². The number of amides is 1. The van der Waals surface area contributed by atoms with E-state index < -0.39 is 33.9 Å². The van der Waals surface area contributed by atoms with Crippen molar-refractivity contribution in [3.05, 3.63) is 29.8 Å². The van der Waals surface area contributed by atoms with Crippen molar-refractivity contribution >= 4 is 46.9 Å². The van der Waals surface area contributed by atoms with E-state index in [9.17, 15) is 14.9 Å². The lowest BCUT2D eigenvalue weighted by Gasteiger charge is -2.52. The number of carbonyl (C=O) groups is 2. The smallest absolute Gasteiger partial charge is 0.410 e. The van der Waals surface area contributed by atoms with Crippen LogP contribution in [0.5, 0.6) is 5.75 Å². The van der Waals surface area contributed by atoms with Gasteiger partial charge in [-0.25, -0.2) is 4.79 Å². The second kappa shape index (κ2) is 10.6. The van der Waals surface area contributed by atoms with E-state index in [1.165, 1.54) is 4.90 Å². The van der Waals surface area contributed by atoms with Crippen molar-refractivity contribution in [1.29, 1.82) is 5.26 Å². The average Bonchev–Trinajstić information content (AvgIpc) is 2.81. The zero-order chi connectivity index (χ0) is 24.2. The summed E-state index contributed by atoms with van der Waals surface area (Å²) in [4.78, 5) is 27.4. The number of halogens is 3. The maximum Gasteiger partial charge on any atom is 0.410 e. The molecule has 1 heterocycles. The Morgan fingerprint density at radius 2 is 1.94 bits per heavy atom. The number of esters is 1. The fourth-order valence-electron chi connectivity index (χ4n) is 5.04. The summed E-state index contributed by atoms with van der Waals surface area (Å²) in [5.74, 6) is -0.283. The Labute approximate surface area is 208 Å². The molecule has 0 N–H and O–H groups in total.